The van der Waals surface area contributed by atoms with Crippen molar-refractivity contribution < 1.29 is 18.3 Å². The zero-order chi connectivity index (χ0) is 16.2. The Morgan fingerprint density at radius 1 is 1.48 bits per heavy atom. The third-order valence-corrected chi connectivity index (χ3v) is 4.10. The van der Waals surface area contributed by atoms with E-state index in [1.807, 2.05) is 0 Å². The van der Waals surface area contributed by atoms with E-state index in [-0.39, 0.29) is 17.5 Å². The zero-order valence-electron chi connectivity index (χ0n) is 12.0. The van der Waals surface area contributed by atoms with Gasteiger partial charge in [0.05, 0.1) is 11.4 Å². The summed E-state index contributed by atoms with van der Waals surface area (Å²) < 4.78 is 31.7. The van der Waals surface area contributed by atoms with E-state index in [0.717, 1.165) is 30.7 Å². The molecule has 1 aromatic heterocycles. The first-order chi connectivity index (χ1) is 11.1. The van der Waals surface area contributed by atoms with E-state index in [2.05, 4.69) is 20.5 Å². The molecule has 2 heterocycles. The van der Waals surface area contributed by atoms with Crippen molar-refractivity contribution in [2.45, 2.75) is 24.1 Å². The van der Waals surface area contributed by atoms with Gasteiger partial charge in [0, 0.05) is 12.7 Å². The number of hydrogen-bond acceptors (Lipinski definition) is 5. The number of H-pyrrole nitrogens is 1. The average molecular weight is 340 g/mol. The lowest BCUT2D eigenvalue weighted by atomic mass is 10.2. The van der Waals surface area contributed by atoms with Crippen LogP contribution in [0.3, 0.4) is 0 Å². The Hall–Kier alpha value is -2.00. The summed E-state index contributed by atoms with van der Waals surface area (Å²) in [5.74, 6) is -1.28. The van der Waals surface area contributed by atoms with Gasteiger partial charge in [0.15, 0.2) is 5.82 Å². The van der Waals surface area contributed by atoms with Crippen LogP contribution in [0.15, 0.2) is 23.4 Å². The molecule has 0 bridgehead atoms. The Bertz CT molecular complexity index is 704. The number of thioether (sulfide) groups is 1. The number of carbonyl (C=O) groups excluding carboxylic acids is 1. The number of rotatable bonds is 5. The molecule has 9 heteroatoms. The Morgan fingerprint density at radius 2 is 2.35 bits per heavy atom. The molecule has 1 aliphatic rings. The number of carbonyl (C=O) groups is 1. The second kappa shape index (κ2) is 7.05. The predicted molar refractivity (Wildman–Crippen MR) is 80.0 cm³/mol. The number of aromatic amines is 1. The number of ether oxygens (including phenoxy) is 1. The first kappa shape index (κ1) is 15.9. The molecule has 2 aromatic rings. The third kappa shape index (κ3) is 4.05. The van der Waals surface area contributed by atoms with Crippen molar-refractivity contribution in [3.63, 3.8) is 0 Å². The van der Waals surface area contributed by atoms with Gasteiger partial charge in [-0.3, -0.25) is 9.89 Å². The fourth-order valence-corrected chi connectivity index (χ4v) is 2.77. The molecule has 0 unspecified atom stereocenters. The zero-order valence-corrected chi connectivity index (χ0v) is 12.8. The topological polar surface area (TPSA) is 79.9 Å². The summed E-state index contributed by atoms with van der Waals surface area (Å²) in [4.78, 5) is 16.1. The second-order valence-electron chi connectivity index (χ2n) is 4.97. The van der Waals surface area contributed by atoms with E-state index in [4.69, 9.17) is 4.74 Å². The van der Waals surface area contributed by atoms with Gasteiger partial charge in [0.1, 0.15) is 17.7 Å². The number of anilines is 1. The summed E-state index contributed by atoms with van der Waals surface area (Å²) in [7, 11) is 0. The minimum absolute atomic E-state index is 0.0135. The van der Waals surface area contributed by atoms with E-state index in [0.29, 0.717) is 23.7 Å². The van der Waals surface area contributed by atoms with Crippen LogP contribution in [0.25, 0.3) is 0 Å². The molecule has 1 atom stereocenters. The molecule has 3 rings (SSSR count). The van der Waals surface area contributed by atoms with Gasteiger partial charge in [-0.15, -0.1) is 5.10 Å². The van der Waals surface area contributed by atoms with Crippen LogP contribution in [-0.2, 0) is 9.53 Å². The standard InChI is InChI=1S/C14H14F2N4O2S/c15-8-3-4-10(9(16)6-8)17-12(21)7-23-14-18-13(19-20-14)11-2-1-5-22-11/h3-4,6,11H,1-2,5,7H2,(H,17,21)(H,18,19,20)/t11-/m1/s1. The molecule has 0 aliphatic carbocycles. The molecule has 0 radical (unpaired) electrons. The predicted octanol–water partition coefficient (Wildman–Crippen LogP) is 2.67. The third-order valence-electron chi connectivity index (χ3n) is 3.25. The van der Waals surface area contributed by atoms with Gasteiger partial charge >= 0.3 is 0 Å². The number of amides is 1. The van der Waals surface area contributed by atoms with Gasteiger partial charge < -0.3 is 10.1 Å². The average Bonchev–Trinajstić information content (AvgIpc) is 3.18. The maximum absolute atomic E-state index is 13.4. The molecule has 122 valence electrons. The van der Waals surface area contributed by atoms with E-state index in [1.54, 1.807) is 0 Å². The van der Waals surface area contributed by atoms with Crippen molar-refractivity contribution in [1.29, 1.82) is 0 Å². The van der Waals surface area contributed by atoms with Gasteiger partial charge in [-0.1, -0.05) is 11.8 Å². The molecule has 23 heavy (non-hydrogen) atoms. The van der Waals surface area contributed by atoms with Crippen molar-refractivity contribution >= 4 is 23.4 Å². The Kier molecular flexibility index (Phi) is 4.87. The number of aromatic nitrogens is 3. The van der Waals surface area contributed by atoms with Crippen molar-refractivity contribution in [1.82, 2.24) is 15.2 Å². The highest BCUT2D eigenvalue weighted by Gasteiger charge is 2.21. The fraction of sp³-hybridized carbons (Fsp3) is 0.357. The number of benzene rings is 1. The van der Waals surface area contributed by atoms with Crippen LogP contribution in [0.4, 0.5) is 14.5 Å². The van der Waals surface area contributed by atoms with E-state index in [1.165, 1.54) is 6.07 Å². The van der Waals surface area contributed by atoms with Crippen LogP contribution in [0.5, 0.6) is 0 Å². The Balaban J connectivity index is 1.52. The minimum atomic E-state index is -0.818. The van der Waals surface area contributed by atoms with Gasteiger partial charge in [-0.2, -0.15) is 0 Å². The van der Waals surface area contributed by atoms with Crippen molar-refractivity contribution in [2.24, 2.45) is 0 Å². The number of halogens is 2. The summed E-state index contributed by atoms with van der Waals surface area (Å²) >= 11 is 1.12. The van der Waals surface area contributed by atoms with Gasteiger partial charge in [-0.05, 0) is 25.0 Å². The molecule has 1 saturated heterocycles. The van der Waals surface area contributed by atoms with E-state index in [9.17, 15) is 13.6 Å². The van der Waals surface area contributed by atoms with Crippen LogP contribution in [0.1, 0.15) is 24.8 Å². The summed E-state index contributed by atoms with van der Waals surface area (Å²) in [5, 5.41) is 9.61. The molecule has 1 amide bonds. The van der Waals surface area contributed by atoms with Crippen LogP contribution in [0, 0.1) is 11.6 Å². The summed E-state index contributed by atoms with van der Waals surface area (Å²) in [5.41, 5.74) is -0.0629. The summed E-state index contributed by atoms with van der Waals surface area (Å²) in [6.07, 6.45) is 1.81. The first-order valence-electron chi connectivity index (χ1n) is 7.03. The number of nitrogens with one attached hydrogen (secondary N) is 2. The van der Waals surface area contributed by atoms with Gasteiger partial charge in [0.25, 0.3) is 0 Å². The highest BCUT2D eigenvalue weighted by atomic mass is 32.2. The molecule has 1 fully saturated rings. The quantitative estimate of drug-likeness (QED) is 0.818. The second-order valence-corrected chi connectivity index (χ2v) is 5.91. The molecule has 0 saturated carbocycles. The molecule has 1 aromatic carbocycles. The summed E-state index contributed by atoms with van der Waals surface area (Å²) in [6, 6.07) is 2.97. The van der Waals surface area contributed by atoms with Crippen LogP contribution < -0.4 is 5.32 Å². The largest absolute Gasteiger partial charge is 0.370 e. The monoisotopic (exact) mass is 340 g/mol. The lowest BCUT2D eigenvalue weighted by Gasteiger charge is -2.05. The molecular weight excluding hydrogens is 326 g/mol. The number of hydrogen-bond donors (Lipinski definition) is 2. The number of nitrogens with zero attached hydrogens (tertiary/aromatic N) is 2. The molecule has 1 aliphatic heterocycles. The maximum atomic E-state index is 13.4. The Labute approximate surface area is 135 Å². The van der Waals surface area contributed by atoms with Gasteiger partial charge in [-0.25, -0.2) is 13.8 Å². The molecule has 2 N–H and O–H groups in total. The highest BCUT2D eigenvalue weighted by Crippen LogP contribution is 2.27. The van der Waals surface area contributed by atoms with Crippen LogP contribution in [0.2, 0.25) is 0 Å². The van der Waals surface area contributed by atoms with E-state index < -0.39 is 17.5 Å². The summed E-state index contributed by atoms with van der Waals surface area (Å²) in [6.45, 7) is 0.708. The maximum Gasteiger partial charge on any atom is 0.234 e. The van der Waals surface area contributed by atoms with Gasteiger partial charge in [0.2, 0.25) is 11.1 Å². The SMILES string of the molecule is O=C(CSc1n[nH]c([C@H]2CCCO2)n1)Nc1ccc(F)cc1F. The lowest BCUT2D eigenvalue weighted by molar-refractivity contribution is -0.113. The molecule has 0 spiro atoms. The first-order valence-corrected chi connectivity index (χ1v) is 8.02. The van der Waals surface area contributed by atoms with Crippen LogP contribution >= 0.6 is 11.8 Å². The van der Waals surface area contributed by atoms with Crippen molar-refractivity contribution in [3.05, 3.63) is 35.7 Å². The van der Waals surface area contributed by atoms with Crippen LogP contribution in [-0.4, -0.2) is 33.4 Å². The van der Waals surface area contributed by atoms with Crippen molar-refractivity contribution in [2.75, 3.05) is 17.7 Å². The molecular formula is C14H14F2N4O2S. The van der Waals surface area contributed by atoms with Crippen molar-refractivity contribution in [3.8, 4) is 0 Å². The molecule has 6 nitrogen and oxygen atoms in total. The Morgan fingerprint density at radius 3 is 3.09 bits per heavy atom. The fourth-order valence-electron chi connectivity index (χ4n) is 2.17. The highest BCUT2D eigenvalue weighted by molar-refractivity contribution is 7.99. The normalized spacial score (nSPS) is 17.4. The lowest BCUT2D eigenvalue weighted by Crippen LogP contribution is -2.15. The smallest absolute Gasteiger partial charge is 0.234 e. The van der Waals surface area contributed by atoms with E-state index >= 15 is 0 Å². The minimum Gasteiger partial charge on any atom is -0.370 e.